The maximum absolute atomic E-state index is 15.1. The van der Waals surface area contributed by atoms with E-state index in [0.29, 0.717) is 29.1 Å². The van der Waals surface area contributed by atoms with Crippen molar-refractivity contribution in [3.8, 4) is 5.88 Å². The number of anilines is 1. The third-order valence-electron chi connectivity index (χ3n) is 5.49. The van der Waals surface area contributed by atoms with Crippen LogP contribution < -0.4 is 15.8 Å². The number of ether oxygens (including phenoxy) is 2. The van der Waals surface area contributed by atoms with Crippen molar-refractivity contribution < 1.29 is 18.7 Å². The van der Waals surface area contributed by atoms with Crippen LogP contribution in [-0.2, 0) is 16.9 Å². The lowest BCUT2D eigenvalue weighted by Gasteiger charge is -2.38. The van der Waals surface area contributed by atoms with Crippen LogP contribution in [0, 0.1) is 5.82 Å². The van der Waals surface area contributed by atoms with Crippen LogP contribution in [0.25, 0.3) is 0 Å². The van der Waals surface area contributed by atoms with E-state index in [0.717, 1.165) is 5.56 Å². The van der Waals surface area contributed by atoms with Crippen LogP contribution in [0.1, 0.15) is 28.5 Å². The van der Waals surface area contributed by atoms with Gasteiger partial charge in [-0.1, -0.05) is 42.1 Å². The summed E-state index contributed by atoms with van der Waals surface area (Å²) in [6.07, 6.45) is 2.20. The summed E-state index contributed by atoms with van der Waals surface area (Å²) in [6, 6.07) is 14.0. The largest absolute Gasteiger partial charge is 0.480 e. The van der Waals surface area contributed by atoms with Crippen molar-refractivity contribution >= 4 is 28.5 Å². The number of thioether (sulfide) groups is 1. The Balaban J connectivity index is 1.59. The van der Waals surface area contributed by atoms with Crippen molar-refractivity contribution in [3.63, 3.8) is 0 Å². The van der Waals surface area contributed by atoms with Crippen molar-refractivity contribution in [2.75, 3.05) is 18.2 Å². The lowest BCUT2D eigenvalue weighted by molar-refractivity contribution is 0.00648. The number of methoxy groups -OCH3 is 1. The summed E-state index contributed by atoms with van der Waals surface area (Å²) in [6.45, 7) is 2.14. The Labute approximate surface area is 200 Å². The second-order valence-electron chi connectivity index (χ2n) is 7.79. The zero-order valence-corrected chi connectivity index (χ0v) is 19.5. The van der Waals surface area contributed by atoms with Gasteiger partial charge in [0.1, 0.15) is 17.1 Å². The molecule has 0 spiro atoms. The fourth-order valence-electron chi connectivity index (χ4n) is 3.60. The molecule has 3 N–H and O–H groups in total. The van der Waals surface area contributed by atoms with Gasteiger partial charge in [-0.3, -0.25) is 4.79 Å². The number of nitrogens with one attached hydrogen (secondary N) is 1. The molecule has 0 unspecified atom stereocenters. The fourth-order valence-corrected chi connectivity index (χ4v) is 4.59. The minimum atomic E-state index is -1.09. The zero-order valence-electron chi connectivity index (χ0n) is 18.7. The smallest absolute Gasteiger partial charge is 0.275 e. The Morgan fingerprint density at radius 3 is 2.74 bits per heavy atom. The highest BCUT2D eigenvalue weighted by atomic mass is 32.2. The van der Waals surface area contributed by atoms with Gasteiger partial charge in [0.15, 0.2) is 5.17 Å². The van der Waals surface area contributed by atoms with Crippen molar-refractivity contribution in [1.82, 2.24) is 9.97 Å². The number of benzene rings is 2. The molecule has 1 aliphatic heterocycles. The van der Waals surface area contributed by atoms with E-state index in [1.54, 1.807) is 13.0 Å². The van der Waals surface area contributed by atoms with E-state index in [1.165, 1.54) is 43.4 Å². The monoisotopic (exact) mass is 481 g/mol. The third kappa shape index (κ3) is 5.18. The van der Waals surface area contributed by atoms with Crippen molar-refractivity contribution in [2.24, 2.45) is 10.7 Å². The molecule has 0 bridgehead atoms. The van der Waals surface area contributed by atoms with Gasteiger partial charge in [-0.2, -0.15) is 0 Å². The van der Waals surface area contributed by atoms with E-state index in [9.17, 15) is 4.79 Å². The van der Waals surface area contributed by atoms with E-state index in [-0.39, 0.29) is 11.3 Å². The summed E-state index contributed by atoms with van der Waals surface area (Å²) in [5.74, 6) is -0.157. The number of halogens is 1. The molecule has 3 aromatic rings. The second-order valence-corrected chi connectivity index (χ2v) is 8.83. The molecular formula is C24H24FN5O3S. The lowest BCUT2D eigenvalue weighted by atomic mass is 9.86. The normalized spacial score (nSPS) is 19.9. The van der Waals surface area contributed by atoms with E-state index in [4.69, 9.17) is 15.2 Å². The summed E-state index contributed by atoms with van der Waals surface area (Å²) in [5.41, 5.74) is 6.69. The van der Waals surface area contributed by atoms with Crippen molar-refractivity contribution in [2.45, 2.75) is 25.2 Å². The molecule has 10 heteroatoms. The Kier molecular flexibility index (Phi) is 7.09. The second kappa shape index (κ2) is 10.2. The molecule has 2 aromatic carbocycles. The van der Waals surface area contributed by atoms with Crippen molar-refractivity contribution in [3.05, 3.63) is 83.6 Å². The molecule has 8 nitrogen and oxygen atoms in total. The molecule has 176 valence electrons. The summed E-state index contributed by atoms with van der Waals surface area (Å²) in [7, 11) is 1.46. The topological polar surface area (TPSA) is 112 Å². The molecular weight excluding hydrogens is 457 g/mol. The number of aliphatic imine (C=N–C) groups is 1. The molecule has 1 amide bonds. The average Bonchev–Trinajstić information content (AvgIpc) is 2.85. The van der Waals surface area contributed by atoms with E-state index < -0.39 is 23.4 Å². The minimum Gasteiger partial charge on any atom is -0.480 e. The predicted molar refractivity (Wildman–Crippen MR) is 129 cm³/mol. The van der Waals surface area contributed by atoms with Gasteiger partial charge in [0.2, 0.25) is 5.88 Å². The first-order valence-electron chi connectivity index (χ1n) is 10.5. The number of hydrogen-bond acceptors (Lipinski definition) is 8. The molecule has 0 saturated heterocycles. The number of amides is 1. The molecule has 34 heavy (non-hydrogen) atoms. The van der Waals surface area contributed by atoms with Gasteiger partial charge in [-0.25, -0.2) is 19.4 Å². The Hall–Kier alpha value is -3.50. The number of amidine groups is 1. The number of nitrogens with two attached hydrogens (primary N) is 1. The molecule has 2 atom stereocenters. The van der Waals surface area contributed by atoms with Crippen LogP contribution in [0.3, 0.4) is 0 Å². The summed E-state index contributed by atoms with van der Waals surface area (Å²) in [4.78, 5) is 25.2. The molecule has 0 fully saturated rings. The van der Waals surface area contributed by atoms with Crippen molar-refractivity contribution in [1.29, 1.82) is 0 Å². The Bertz CT molecular complexity index is 1190. The minimum absolute atomic E-state index is 0.0956. The van der Waals surface area contributed by atoms with Crippen LogP contribution in [-0.4, -0.2) is 40.0 Å². The van der Waals surface area contributed by atoms with E-state index in [1.807, 2.05) is 30.3 Å². The molecule has 1 aromatic heterocycles. The number of carbonyl (C=O) groups is 1. The highest BCUT2D eigenvalue weighted by Gasteiger charge is 2.42. The molecule has 2 heterocycles. The van der Waals surface area contributed by atoms with Gasteiger partial charge in [-0.15, -0.1) is 0 Å². The van der Waals surface area contributed by atoms with Gasteiger partial charge >= 0.3 is 0 Å². The van der Waals surface area contributed by atoms with Gasteiger partial charge in [0, 0.05) is 17.0 Å². The molecule has 1 aliphatic rings. The van der Waals surface area contributed by atoms with Gasteiger partial charge in [-0.05, 0) is 30.7 Å². The zero-order chi connectivity index (χ0) is 24.1. The fraction of sp³-hybridized carbons (Fsp3) is 0.250. The quantitative estimate of drug-likeness (QED) is 0.529. The van der Waals surface area contributed by atoms with Gasteiger partial charge in [0.05, 0.1) is 32.2 Å². The molecule has 4 rings (SSSR count). The SMILES string of the molecule is COc1cnc(C(=O)Nc2ccc(F)c([C@@]3(C)N=C(N)SC[C@@H]3OCc3ccccc3)c2)cn1. The van der Waals surface area contributed by atoms with Crippen LogP contribution in [0.2, 0.25) is 0 Å². The first kappa shape index (κ1) is 23.7. The Morgan fingerprint density at radius 1 is 1.24 bits per heavy atom. The standard InChI is InChI=1S/C24H24FN5O3S/c1-24(20(14-34-23(26)30-24)33-13-15-6-4-3-5-7-15)17-10-16(8-9-18(17)25)29-22(31)19-11-28-21(32-2)12-27-19/h3-12,20H,13-14H2,1-2H3,(H2,26,30)(H,29,31)/t20-,24+/m0/s1. The molecule has 0 aliphatic carbocycles. The average molecular weight is 482 g/mol. The van der Waals surface area contributed by atoms with Crippen LogP contribution >= 0.6 is 11.8 Å². The van der Waals surface area contributed by atoms with Crippen LogP contribution in [0.5, 0.6) is 5.88 Å². The lowest BCUT2D eigenvalue weighted by Crippen LogP contribution is -2.44. The van der Waals surface area contributed by atoms with E-state index in [2.05, 4.69) is 20.3 Å². The number of hydrogen-bond donors (Lipinski definition) is 2. The Morgan fingerprint density at radius 2 is 2.03 bits per heavy atom. The highest BCUT2D eigenvalue weighted by molar-refractivity contribution is 8.13. The first-order chi connectivity index (χ1) is 16.4. The first-order valence-corrected chi connectivity index (χ1v) is 11.5. The maximum atomic E-state index is 15.1. The predicted octanol–water partition coefficient (Wildman–Crippen LogP) is 3.74. The molecule has 0 radical (unpaired) electrons. The third-order valence-corrected chi connectivity index (χ3v) is 6.34. The maximum Gasteiger partial charge on any atom is 0.275 e. The summed E-state index contributed by atoms with van der Waals surface area (Å²) < 4.78 is 26.2. The summed E-state index contributed by atoms with van der Waals surface area (Å²) >= 11 is 1.36. The number of carbonyl (C=O) groups excluding carboxylic acids is 1. The number of aromatic nitrogens is 2. The van der Waals surface area contributed by atoms with Crippen LogP contribution in [0.4, 0.5) is 10.1 Å². The summed E-state index contributed by atoms with van der Waals surface area (Å²) in [5, 5.41) is 3.08. The molecule has 0 saturated carbocycles. The number of rotatable bonds is 7. The highest BCUT2D eigenvalue weighted by Crippen LogP contribution is 2.39. The van der Waals surface area contributed by atoms with Gasteiger partial charge < -0.3 is 20.5 Å². The van der Waals surface area contributed by atoms with Crippen LogP contribution in [0.15, 0.2) is 65.9 Å². The van der Waals surface area contributed by atoms with Gasteiger partial charge in [0.25, 0.3) is 5.91 Å². The number of nitrogens with zero attached hydrogens (tertiary/aromatic N) is 3. The van der Waals surface area contributed by atoms with E-state index >= 15 is 4.39 Å².